The van der Waals surface area contributed by atoms with Crippen LogP contribution in [-0.2, 0) is 17.6 Å². The number of para-hydroxylation sites is 1. The number of ether oxygens (including phenoxy) is 1. The molecule has 3 heterocycles. The maximum Gasteiger partial charge on any atom is 0.434 e. The van der Waals surface area contributed by atoms with Crippen molar-refractivity contribution >= 4 is 11.9 Å². The van der Waals surface area contributed by atoms with Crippen molar-refractivity contribution in [1.29, 1.82) is 0 Å². The zero-order valence-electron chi connectivity index (χ0n) is 23.9. The molecule has 0 unspecified atom stereocenters. The van der Waals surface area contributed by atoms with E-state index >= 15 is 0 Å². The van der Waals surface area contributed by atoms with E-state index in [1.54, 1.807) is 12.1 Å². The molecule has 2 aliphatic rings. The fraction of sp³-hybridized carbons (Fsp3) is 0.344. The van der Waals surface area contributed by atoms with Crippen molar-refractivity contribution in [3.63, 3.8) is 0 Å². The predicted octanol–water partition coefficient (Wildman–Crippen LogP) is 6.05. The Kier molecular flexibility index (Phi) is 7.83. The smallest absolute Gasteiger partial charge is 0.434 e. The van der Waals surface area contributed by atoms with E-state index in [2.05, 4.69) is 27.2 Å². The van der Waals surface area contributed by atoms with E-state index in [0.717, 1.165) is 49.9 Å². The molecule has 9 nitrogen and oxygen atoms in total. The lowest BCUT2D eigenvalue weighted by Crippen LogP contribution is -2.38. The topological polar surface area (TPSA) is 110 Å². The molecule has 12 heteroatoms. The van der Waals surface area contributed by atoms with Gasteiger partial charge in [0.2, 0.25) is 5.91 Å². The fourth-order valence-corrected chi connectivity index (χ4v) is 5.64. The van der Waals surface area contributed by atoms with Gasteiger partial charge in [0.25, 0.3) is 5.95 Å². The summed E-state index contributed by atoms with van der Waals surface area (Å²) in [4.78, 5) is 34.0. The first-order valence-corrected chi connectivity index (χ1v) is 14.4. The van der Waals surface area contributed by atoms with Crippen LogP contribution in [0.25, 0.3) is 17.2 Å². The molecule has 228 valence electrons. The number of carbonyl (C=O) groups excluding carboxylic acids is 1. The summed E-state index contributed by atoms with van der Waals surface area (Å²) in [7, 11) is 0. The van der Waals surface area contributed by atoms with Crippen LogP contribution in [0, 0.1) is 12.8 Å². The molecule has 1 aliphatic heterocycles. The Labute approximate surface area is 251 Å². The molecule has 0 atom stereocenters. The number of amides is 1. The number of rotatable bonds is 8. The van der Waals surface area contributed by atoms with Crippen LogP contribution < -0.4 is 4.74 Å². The van der Waals surface area contributed by atoms with Crippen LogP contribution >= 0.6 is 0 Å². The van der Waals surface area contributed by atoms with Crippen molar-refractivity contribution in [3.05, 3.63) is 88.9 Å². The minimum absolute atomic E-state index is 0.252. The number of carboxylic acid groups (broad SMARTS) is 1. The van der Waals surface area contributed by atoms with E-state index < -0.39 is 29.4 Å². The summed E-state index contributed by atoms with van der Waals surface area (Å²) in [6, 6.07) is 15.2. The standard InChI is InChI=1S/C32H30F3N5O4/c1-19-3-2-4-24(26-11-14-36-31(38-26)40-28(32(33,34)35)25(17-37-40)30(42)43)27(19)44-18-20-5-7-21(8-6-20)22-12-15-39(16-13-22)29(41)23-9-10-23/h2-8,11,14,17,22-23H,9-10,12-13,15-16,18H2,1H3,(H,42,43). The first-order valence-electron chi connectivity index (χ1n) is 14.4. The van der Waals surface area contributed by atoms with Gasteiger partial charge >= 0.3 is 12.1 Å². The molecule has 4 aromatic rings. The van der Waals surface area contributed by atoms with Gasteiger partial charge in [0, 0.05) is 30.8 Å². The molecule has 2 fully saturated rings. The van der Waals surface area contributed by atoms with E-state index in [9.17, 15) is 27.9 Å². The van der Waals surface area contributed by atoms with Gasteiger partial charge in [0.05, 0.1) is 11.9 Å². The number of aromatic nitrogens is 4. The number of hydrogen-bond donors (Lipinski definition) is 1. The van der Waals surface area contributed by atoms with Crippen LogP contribution in [0.4, 0.5) is 13.2 Å². The maximum atomic E-state index is 13.8. The summed E-state index contributed by atoms with van der Waals surface area (Å²) in [6.07, 6.45) is 0.865. The molecule has 1 N–H and O–H groups in total. The van der Waals surface area contributed by atoms with Gasteiger partial charge in [-0.15, -0.1) is 0 Å². The van der Waals surface area contributed by atoms with Crippen molar-refractivity contribution in [3.8, 4) is 23.0 Å². The van der Waals surface area contributed by atoms with Crippen LogP contribution in [0.15, 0.2) is 60.9 Å². The second-order valence-corrected chi connectivity index (χ2v) is 11.2. The van der Waals surface area contributed by atoms with Gasteiger partial charge in [-0.3, -0.25) is 4.79 Å². The Morgan fingerprint density at radius 2 is 1.75 bits per heavy atom. The van der Waals surface area contributed by atoms with Crippen LogP contribution in [-0.4, -0.2) is 54.7 Å². The van der Waals surface area contributed by atoms with Crippen LogP contribution in [0.5, 0.6) is 5.75 Å². The lowest BCUT2D eigenvalue weighted by Gasteiger charge is -2.32. The summed E-state index contributed by atoms with van der Waals surface area (Å²) in [5.41, 5.74) is 1.35. The highest BCUT2D eigenvalue weighted by molar-refractivity contribution is 5.89. The first-order chi connectivity index (χ1) is 21.1. The van der Waals surface area contributed by atoms with E-state index in [0.29, 0.717) is 34.0 Å². The van der Waals surface area contributed by atoms with Gasteiger partial charge in [-0.05, 0) is 67.3 Å². The average Bonchev–Trinajstić information content (AvgIpc) is 3.76. The minimum Gasteiger partial charge on any atom is -0.488 e. The number of benzene rings is 2. The third-order valence-electron chi connectivity index (χ3n) is 8.16. The molecule has 0 spiro atoms. The third kappa shape index (κ3) is 6.01. The number of hydrogen-bond acceptors (Lipinski definition) is 6. The number of piperidine rings is 1. The molecular formula is C32H30F3N5O4. The molecule has 1 saturated carbocycles. The van der Waals surface area contributed by atoms with Crippen LogP contribution in [0.1, 0.15) is 64.3 Å². The number of aromatic carboxylic acids is 1. The molecule has 1 aliphatic carbocycles. The van der Waals surface area contributed by atoms with Crippen molar-refractivity contribution in [2.75, 3.05) is 13.1 Å². The summed E-state index contributed by atoms with van der Waals surface area (Å²) < 4.78 is 48.0. The quantitative estimate of drug-likeness (QED) is 0.260. The van der Waals surface area contributed by atoms with Crippen molar-refractivity contribution < 1.29 is 32.6 Å². The highest BCUT2D eigenvalue weighted by atomic mass is 19.4. The van der Waals surface area contributed by atoms with E-state index in [-0.39, 0.29) is 18.2 Å². The lowest BCUT2D eigenvalue weighted by atomic mass is 9.89. The number of halogens is 3. The minimum atomic E-state index is -5.00. The largest absolute Gasteiger partial charge is 0.488 e. The highest BCUT2D eigenvalue weighted by Gasteiger charge is 2.41. The highest BCUT2D eigenvalue weighted by Crippen LogP contribution is 2.37. The Balaban J connectivity index is 1.18. The number of alkyl halides is 3. The van der Waals surface area contributed by atoms with Gasteiger partial charge in [-0.25, -0.2) is 14.8 Å². The van der Waals surface area contributed by atoms with E-state index in [4.69, 9.17) is 4.74 Å². The Morgan fingerprint density at radius 1 is 1.02 bits per heavy atom. The molecule has 44 heavy (non-hydrogen) atoms. The molecule has 6 rings (SSSR count). The zero-order valence-corrected chi connectivity index (χ0v) is 23.9. The number of carboxylic acids is 1. The number of carbonyl (C=O) groups is 2. The van der Waals surface area contributed by atoms with E-state index in [1.807, 2.05) is 30.0 Å². The molecule has 1 saturated heterocycles. The summed E-state index contributed by atoms with van der Waals surface area (Å²) >= 11 is 0. The molecule has 2 aromatic heterocycles. The maximum absolute atomic E-state index is 13.8. The second kappa shape index (κ2) is 11.7. The van der Waals surface area contributed by atoms with E-state index in [1.165, 1.54) is 17.8 Å². The van der Waals surface area contributed by atoms with Crippen LogP contribution in [0.3, 0.4) is 0 Å². The fourth-order valence-electron chi connectivity index (χ4n) is 5.64. The van der Waals surface area contributed by atoms with Gasteiger partial charge in [0.1, 0.15) is 17.9 Å². The SMILES string of the molecule is Cc1cccc(-c2ccnc(-n3ncc(C(=O)O)c3C(F)(F)F)n2)c1OCc1ccc(C2CCN(C(=O)C3CC3)CC2)cc1. The normalized spacial score (nSPS) is 15.8. The molecule has 0 bridgehead atoms. The van der Waals surface area contributed by atoms with Crippen molar-refractivity contribution in [1.82, 2.24) is 24.6 Å². The van der Waals surface area contributed by atoms with Gasteiger partial charge in [0.15, 0.2) is 5.69 Å². The Morgan fingerprint density at radius 3 is 2.41 bits per heavy atom. The average molecular weight is 606 g/mol. The molecule has 2 aromatic carbocycles. The first kappa shape index (κ1) is 29.3. The van der Waals surface area contributed by atoms with Crippen molar-refractivity contribution in [2.45, 2.75) is 51.3 Å². The Hall–Kier alpha value is -4.74. The number of likely N-dealkylation sites (tertiary alicyclic amines) is 1. The van der Waals surface area contributed by atoms with Crippen molar-refractivity contribution in [2.24, 2.45) is 5.92 Å². The lowest BCUT2D eigenvalue weighted by molar-refractivity contribution is -0.143. The van der Waals surface area contributed by atoms with Gasteiger partial charge < -0.3 is 14.7 Å². The number of aryl methyl sites for hydroxylation is 1. The number of nitrogens with zero attached hydrogens (tertiary/aromatic N) is 5. The third-order valence-corrected chi connectivity index (χ3v) is 8.16. The predicted molar refractivity (Wildman–Crippen MR) is 153 cm³/mol. The Bertz CT molecular complexity index is 1690. The molecule has 1 amide bonds. The molecule has 0 radical (unpaired) electrons. The molecular weight excluding hydrogens is 575 g/mol. The van der Waals surface area contributed by atoms with Crippen LogP contribution in [0.2, 0.25) is 0 Å². The summed E-state index contributed by atoms with van der Waals surface area (Å²) in [5, 5.41) is 12.9. The van der Waals surface area contributed by atoms with Gasteiger partial charge in [-0.2, -0.15) is 23.0 Å². The second-order valence-electron chi connectivity index (χ2n) is 11.2. The van der Waals surface area contributed by atoms with Gasteiger partial charge in [-0.1, -0.05) is 36.4 Å². The summed E-state index contributed by atoms with van der Waals surface area (Å²) in [6.45, 7) is 3.71. The zero-order chi connectivity index (χ0) is 31.0. The summed E-state index contributed by atoms with van der Waals surface area (Å²) in [5.74, 6) is -0.703. The monoisotopic (exact) mass is 605 g/mol.